The van der Waals surface area contributed by atoms with Gasteiger partial charge in [-0.3, -0.25) is 5.10 Å². The minimum Gasteiger partial charge on any atom is -0.463 e. The predicted molar refractivity (Wildman–Crippen MR) is 56.0 cm³/mol. The molecule has 0 aromatic carbocycles. The van der Waals surface area contributed by atoms with Crippen LogP contribution >= 0.6 is 11.6 Å². The number of methoxy groups -OCH3 is 1. The highest BCUT2D eigenvalue weighted by atomic mass is 35.5. The van der Waals surface area contributed by atoms with Crippen molar-refractivity contribution in [1.82, 2.24) is 20.2 Å². The molecule has 6 nitrogen and oxygen atoms in total. The van der Waals surface area contributed by atoms with E-state index in [9.17, 15) is 4.79 Å². The van der Waals surface area contributed by atoms with Gasteiger partial charge in [-0.2, -0.15) is 5.10 Å². The summed E-state index contributed by atoms with van der Waals surface area (Å²) >= 11 is 5.92. The van der Waals surface area contributed by atoms with Gasteiger partial charge in [-0.05, 0) is 6.07 Å². The number of esters is 1. The molecule has 0 unspecified atom stereocenters. The van der Waals surface area contributed by atoms with Gasteiger partial charge in [0, 0.05) is 12.4 Å². The van der Waals surface area contributed by atoms with Gasteiger partial charge in [-0.1, -0.05) is 11.6 Å². The molecule has 0 atom stereocenters. The lowest BCUT2D eigenvalue weighted by Gasteiger charge is -2.02. The Balaban J connectivity index is 2.41. The molecule has 0 bridgehead atoms. The second kappa shape index (κ2) is 4.28. The number of H-pyrrole nitrogens is 1. The van der Waals surface area contributed by atoms with Gasteiger partial charge in [0.2, 0.25) is 5.82 Å². The summed E-state index contributed by atoms with van der Waals surface area (Å²) in [6.07, 6.45) is 3.02. The Morgan fingerprint density at radius 2 is 2.38 bits per heavy atom. The number of aromatic amines is 1. The van der Waals surface area contributed by atoms with Crippen molar-refractivity contribution in [1.29, 1.82) is 0 Å². The van der Waals surface area contributed by atoms with Crippen molar-refractivity contribution in [2.45, 2.75) is 0 Å². The molecule has 2 heterocycles. The highest BCUT2D eigenvalue weighted by Crippen LogP contribution is 2.23. The third-order valence-electron chi connectivity index (χ3n) is 1.90. The molecule has 0 saturated heterocycles. The summed E-state index contributed by atoms with van der Waals surface area (Å²) in [4.78, 5) is 18.8. The van der Waals surface area contributed by atoms with E-state index in [2.05, 4.69) is 24.9 Å². The highest BCUT2D eigenvalue weighted by Gasteiger charge is 2.13. The van der Waals surface area contributed by atoms with Crippen LogP contribution < -0.4 is 0 Å². The molecule has 2 rings (SSSR count). The number of aromatic nitrogens is 4. The normalized spacial score (nSPS) is 10.1. The van der Waals surface area contributed by atoms with Crippen LogP contribution in [0.2, 0.25) is 5.15 Å². The maximum Gasteiger partial charge on any atom is 0.376 e. The lowest BCUT2D eigenvalue weighted by molar-refractivity contribution is 0.0586. The Kier molecular flexibility index (Phi) is 2.82. The van der Waals surface area contributed by atoms with Gasteiger partial charge in [-0.15, -0.1) is 0 Å². The lowest BCUT2D eigenvalue weighted by Crippen LogP contribution is -2.07. The van der Waals surface area contributed by atoms with Gasteiger partial charge in [0.25, 0.3) is 0 Å². The number of hydrogen-bond donors (Lipinski definition) is 1. The van der Waals surface area contributed by atoms with Crippen LogP contribution in [0.15, 0.2) is 18.5 Å². The van der Waals surface area contributed by atoms with Gasteiger partial charge < -0.3 is 4.74 Å². The Labute approximate surface area is 95.6 Å². The molecule has 2 aromatic rings. The fraction of sp³-hybridized carbons (Fsp3) is 0.111. The molecule has 82 valence electrons. The summed E-state index contributed by atoms with van der Waals surface area (Å²) in [5.74, 6) is -0.700. The maximum atomic E-state index is 11.1. The van der Waals surface area contributed by atoms with Crippen molar-refractivity contribution in [3.8, 4) is 11.3 Å². The second-order valence-electron chi connectivity index (χ2n) is 2.86. The first-order valence-corrected chi connectivity index (χ1v) is 4.70. The minimum atomic E-state index is -0.627. The first kappa shape index (κ1) is 10.6. The molecular weight excluding hydrogens is 232 g/mol. The molecule has 7 heteroatoms. The quantitative estimate of drug-likeness (QED) is 0.630. The smallest absolute Gasteiger partial charge is 0.376 e. The van der Waals surface area contributed by atoms with Gasteiger partial charge >= 0.3 is 5.97 Å². The van der Waals surface area contributed by atoms with Crippen LogP contribution in [0.25, 0.3) is 11.3 Å². The summed E-state index contributed by atoms with van der Waals surface area (Å²) < 4.78 is 4.48. The van der Waals surface area contributed by atoms with Crippen molar-refractivity contribution >= 4 is 17.6 Å². The summed E-state index contributed by atoms with van der Waals surface area (Å²) in [6.45, 7) is 0. The fourth-order valence-corrected chi connectivity index (χ4v) is 1.37. The van der Waals surface area contributed by atoms with E-state index in [-0.39, 0.29) is 11.0 Å². The molecular formula is C9H7ClN4O2. The molecule has 0 fully saturated rings. The average molecular weight is 239 g/mol. The minimum absolute atomic E-state index is 0.0734. The van der Waals surface area contributed by atoms with Crippen molar-refractivity contribution in [2.75, 3.05) is 7.11 Å². The summed E-state index contributed by atoms with van der Waals surface area (Å²) in [5.41, 5.74) is 1.26. The second-order valence-corrected chi connectivity index (χ2v) is 3.22. The molecule has 0 radical (unpaired) electrons. The molecule has 2 aromatic heterocycles. The molecule has 1 N–H and O–H groups in total. The van der Waals surface area contributed by atoms with E-state index >= 15 is 0 Å². The molecule has 0 aliphatic rings. The third-order valence-corrected chi connectivity index (χ3v) is 2.19. The van der Waals surface area contributed by atoms with Crippen LogP contribution in [-0.4, -0.2) is 33.2 Å². The van der Waals surface area contributed by atoms with E-state index in [4.69, 9.17) is 11.6 Å². The largest absolute Gasteiger partial charge is 0.463 e. The van der Waals surface area contributed by atoms with Gasteiger partial charge in [0.1, 0.15) is 5.15 Å². The Morgan fingerprint density at radius 3 is 2.94 bits per heavy atom. The zero-order valence-electron chi connectivity index (χ0n) is 8.27. The van der Waals surface area contributed by atoms with E-state index in [1.54, 1.807) is 12.3 Å². The first-order chi connectivity index (χ1) is 7.72. The zero-order chi connectivity index (χ0) is 11.5. The standard InChI is InChI=1S/C9H7ClN4O2/c1-16-9(15)8-11-4-5(7(10)13-8)6-2-3-12-14-6/h2-4H,1H3,(H,12,14). The van der Waals surface area contributed by atoms with E-state index in [0.717, 1.165) is 0 Å². The number of halogens is 1. The van der Waals surface area contributed by atoms with Crippen LogP contribution in [-0.2, 0) is 4.74 Å². The summed E-state index contributed by atoms with van der Waals surface area (Å²) in [7, 11) is 1.25. The van der Waals surface area contributed by atoms with E-state index < -0.39 is 5.97 Å². The topological polar surface area (TPSA) is 80.8 Å². The van der Waals surface area contributed by atoms with Crippen molar-refractivity contribution in [3.05, 3.63) is 29.4 Å². The van der Waals surface area contributed by atoms with Crippen LogP contribution in [0.3, 0.4) is 0 Å². The molecule has 0 spiro atoms. The molecule has 16 heavy (non-hydrogen) atoms. The van der Waals surface area contributed by atoms with E-state index in [1.807, 2.05) is 0 Å². The number of ether oxygens (including phenoxy) is 1. The molecule has 0 amide bonds. The third kappa shape index (κ3) is 1.87. The van der Waals surface area contributed by atoms with Gasteiger partial charge in [0.05, 0.1) is 18.4 Å². The van der Waals surface area contributed by atoms with Crippen molar-refractivity contribution in [2.24, 2.45) is 0 Å². The van der Waals surface area contributed by atoms with Crippen LogP contribution in [0.1, 0.15) is 10.6 Å². The highest BCUT2D eigenvalue weighted by molar-refractivity contribution is 6.32. The maximum absolute atomic E-state index is 11.1. The average Bonchev–Trinajstić information content (AvgIpc) is 2.81. The van der Waals surface area contributed by atoms with Gasteiger partial charge in [0.15, 0.2) is 0 Å². The van der Waals surface area contributed by atoms with Crippen molar-refractivity contribution < 1.29 is 9.53 Å². The summed E-state index contributed by atoms with van der Waals surface area (Å²) in [6, 6.07) is 1.72. The van der Waals surface area contributed by atoms with E-state index in [1.165, 1.54) is 13.3 Å². The fourth-order valence-electron chi connectivity index (χ4n) is 1.14. The van der Waals surface area contributed by atoms with Crippen LogP contribution in [0.4, 0.5) is 0 Å². The lowest BCUT2D eigenvalue weighted by atomic mass is 10.2. The number of hydrogen-bond acceptors (Lipinski definition) is 5. The van der Waals surface area contributed by atoms with Crippen LogP contribution in [0, 0.1) is 0 Å². The monoisotopic (exact) mass is 238 g/mol. The number of rotatable bonds is 2. The van der Waals surface area contributed by atoms with Crippen LogP contribution in [0.5, 0.6) is 0 Å². The molecule has 0 saturated carbocycles. The number of carbonyl (C=O) groups excluding carboxylic acids is 1. The number of nitrogens with zero attached hydrogens (tertiary/aromatic N) is 3. The number of carbonyl (C=O) groups is 1. The Morgan fingerprint density at radius 1 is 1.56 bits per heavy atom. The van der Waals surface area contributed by atoms with Crippen molar-refractivity contribution in [3.63, 3.8) is 0 Å². The first-order valence-electron chi connectivity index (χ1n) is 4.33. The number of nitrogens with one attached hydrogen (secondary N) is 1. The zero-order valence-corrected chi connectivity index (χ0v) is 9.02. The SMILES string of the molecule is COC(=O)c1ncc(-c2ccn[nH]2)c(Cl)n1. The predicted octanol–water partition coefficient (Wildman–Crippen LogP) is 1.31. The molecule has 0 aliphatic heterocycles. The molecule has 0 aliphatic carbocycles. The Bertz CT molecular complexity index is 512. The van der Waals surface area contributed by atoms with Gasteiger partial charge in [-0.25, -0.2) is 14.8 Å². The Hall–Kier alpha value is -1.95. The van der Waals surface area contributed by atoms with E-state index in [0.29, 0.717) is 11.3 Å². The summed E-state index contributed by atoms with van der Waals surface area (Å²) in [5, 5.41) is 6.68.